The molecule has 2 N–H and O–H groups in total. The zero-order valence-electron chi connectivity index (χ0n) is 12.0. The van der Waals surface area contributed by atoms with E-state index < -0.39 is 10.7 Å². The summed E-state index contributed by atoms with van der Waals surface area (Å²) in [6, 6.07) is 2.12. The summed E-state index contributed by atoms with van der Waals surface area (Å²) < 4.78 is 13.4. The van der Waals surface area contributed by atoms with Crippen LogP contribution in [0.2, 0.25) is 0 Å². The van der Waals surface area contributed by atoms with Crippen LogP contribution in [-0.2, 0) is 4.79 Å². The zero-order chi connectivity index (χ0) is 16.2. The molecule has 1 aromatic carbocycles. The molecule has 0 aromatic heterocycles. The van der Waals surface area contributed by atoms with Crippen molar-refractivity contribution in [2.24, 2.45) is 0 Å². The highest BCUT2D eigenvalue weighted by atomic mass is 79.9. The monoisotopic (exact) mass is 361 g/mol. The Morgan fingerprint density at radius 3 is 2.57 bits per heavy atom. The topological polar surface area (TPSA) is 84.3 Å². The Morgan fingerprint density at radius 2 is 2.05 bits per heavy atom. The van der Waals surface area contributed by atoms with Crippen molar-refractivity contribution in [2.45, 2.75) is 32.7 Å². The van der Waals surface area contributed by atoms with E-state index in [-0.39, 0.29) is 40.3 Å². The first-order valence-corrected chi connectivity index (χ1v) is 7.08. The number of nitro groups is 1. The fourth-order valence-corrected chi connectivity index (χ4v) is 1.96. The molecule has 0 bridgehead atoms. The molecule has 1 amide bonds. The summed E-state index contributed by atoms with van der Waals surface area (Å²) in [4.78, 5) is 21.8. The van der Waals surface area contributed by atoms with Crippen LogP contribution in [0.15, 0.2) is 16.6 Å². The standard InChI is InChI=1S/C13H17BrFN3O3/c1-13(2,3)17-12(19)4-5-16-10-6-8(14)9(15)7-11(10)18(20)21/h6-7,16H,4-5H2,1-3H3,(H,17,19). The second kappa shape index (κ2) is 6.84. The molecule has 0 aliphatic rings. The molecule has 0 saturated carbocycles. The van der Waals surface area contributed by atoms with Crippen LogP contribution in [0.4, 0.5) is 15.8 Å². The van der Waals surface area contributed by atoms with Gasteiger partial charge in [0.15, 0.2) is 0 Å². The van der Waals surface area contributed by atoms with E-state index in [1.165, 1.54) is 6.07 Å². The van der Waals surface area contributed by atoms with Gasteiger partial charge in [0.2, 0.25) is 5.91 Å². The maximum absolute atomic E-state index is 13.3. The molecule has 21 heavy (non-hydrogen) atoms. The van der Waals surface area contributed by atoms with Gasteiger partial charge in [0.25, 0.3) is 5.69 Å². The molecule has 1 aromatic rings. The largest absolute Gasteiger partial charge is 0.379 e. The van der Waals surface area contributed by atoms with Crippen molar-refractivity contribution in [3.63, 3.8) is 0 Å². The van der Waals surface area contributed by atoms with E-state index in [1.807, 2.05) is 20.8 Å². The summed E-state index contributed by atoms with van der Waals surface area (Å²) >= 11 is 2.97. The Balaban J connectivity index is 2.69. The summed E-state index contributed by atoms with van der Waals surface area (Å²) in [6.45, 7) is 5.79. The predicted molar refractivity (Wildman–Crippen MR) is 81.8 cm³/mol. The van der Waals surface area contributed by atoms with E-state index >= 15 is 0 Å². The number of anilines is 1. The first-order valence-electron chi connectivity index (χ1n) is 6.28. The second-order valence-electron chi connectivity index (χ2n) is 5.52. The van der Waals surface area contributed by atoms with Crippen molar-refractivity contribution < 1.29 is 14.1 Å². The van der Waals surface area contributed by atoms with Crippen LogP contribution in [0, 0.1) is 15.9 Å². The Kier molecular flexibility index (Phi) is 5.65. The number of nitrogens with zero attached hydrogens (tertiary/aromatic N) is 1. The minimum absolute atomic E-state index is 0.120. The third-order valence-corrected chi connectivity index (χ3v) is 3.02. The first-order chi connectivity index (χ1) is 9.60. The lowest BCUT2D eigenvalue weighted by Crippen LogP contribution is -2.41. The molecular formula is C13H17BrFN3O3. The van der Waals surface area contributed by atoms with E-state index in [1.54, 1.807) is 0 Å². The van der Waals surface area contributed by atoms with Crippen LogP contribution in [0.1, 0.15) is 27.2 Å². The molecule has 1 rings (SSSR count). The van der Waals surface area contributed by atoms with Gasteiger partial charge in [0.1, 0.15) is 11.5 Å². The van der Waals surface area contributed by atoms with Gasteiger partial charge in [-0.25, -0.2) is 4.39 Å². The molecule has 0 atom stereocenters. The highest BCUT2D eigenvalue weighted by Gasteiger charge is 2.18. The van der Waals surface area contributed by atoms with E-state index in [0.29, 0.717) is 0 Å². The number of hydrogen-bond acceptors (Lipinski definition) is 4. The van der Waals surface area contributed by atoms with Crippen molar-refractivity contribution in [3.05, 3.63) is 32.5 Å². The predicted octanol–water partition coefficient (Wildman–Crippen LogP) is 3.21. The molecule has 0 fully saturated rings. The number of hydrogen-bond donors (Lipinski definition) is 2. The number of nitro benzene ring substituents is 1. The third-order valence-electron chi connectivity index (χ3n) is 2.42. The number of halogens is 2. The molecule has 0 saturated heterocycles. The maximum atomic E-state index is 13.3. The molecule has 0 unspecified atom stereocenters. The average Bonchev–Trinajstić information content (AvgIpc) is 2.30. The molecule has 0 aliphatic carbocycles. The fourth-order valence-electron chi connectivity index (χ4n) is 1.62. The Morgan fingerprint density at radius 1 is 1.43 bits per heavy atom. The summed E-state index contributed by atoms with van der Waals surface area (Å²) in [5.41, 5.74) is -0.536. The Labute approximate surface area is 130 Å². The van der Waals surface area contributed by atoms with Crippen molar-refractivity contribution >= 4 is 33.2 Å². The van der Waals surface area contributed by atoms with Crippen LogP contribution in [0.5, 0.6) is 0 Å². The fraction of sp³-hybridized carbons (Fsp3) is 0.462. The molecule has 116 valence electrons. The summed E-state index contributed by atoms with van der Waals surface area (Å²) in [5.74, 6) is -0.878. The SMILES string of the molecule is CC(C)(C)NC(=O)CCNc1cc(Br)c(F)cc1[N+](=O)[O-]. The Hall–Kier alpha value is -1.70. The van der Waals surface area contributed by atoms with Crippen molar-refractivity contribution in [2.75, 3.05) is 11.9 Å². The molecule has 0 spiro atoms. The first kappa shape index (κ1) is 17.4. The van der Waals surface area contributed by atoms with Gasteiger partial charge in [-0.15, -0.1) is 0 Å². The minimum atomic E-state index is -0.710. The van der Waals surface area contributed by atoms with E-state index in [0.717, 1.165) is 6.07 Å². The molecule has 0 aliphatic heterocycles. The minimum Gasteiger partial charge on any atom is -0.379 e. The summed E-state index contributed by atoms with van der Waals surface area (Å²) in [6.07, 6.45) is 0.156. The highest BCUT2D eigenvalue weighted by Crippen LogP contribution is 2.30. The second-order valence-corrected chi connectivity index (χ2v) is 6.37. The number of carbonyl (C=O) groups excluding carboxylic acids is 1. The zero-order valence-corrected chi connectivity index (χ0v) is 13.6. The number of carbonyl (C=O) groups is 1. The lowest BCUT2D eigenvalue weighted by atomic mass is 10.1. The summed E-state index contributed by atoms with van der Waals surface area (Å²) in [5, 5.41) is 16.4. The number of nitrogens with one attached hydrogen (secondary N) is 2. The Bertz CT molecular complexity index is 558. The van der Waals surface area contributed by atoms with Gasteiger partial charge in [-0.2, -0.15) is 0 Å². The molecule has 8 heteroatoms. The van der Waals surface area contributed by atoms with Crippen LogP contribution in [0.3, 0.4) is 0 Å². The van der Waals surface area contributed by atoms with Crippen LogP contribution >= 0.6 is 15.9 Å². The lowest BCUT2D eigenvalue weighted by molar-refractivity contribution is -0.384. The number of benzene rings is 1. The van der Waals surface area contributed by atoms with Gasteiger partial charge in [-0.05, 0) is 42.8 Å². The quantitative estimate of drug-likeness (QED) is 0.622. The van der Waals surface area contributed by atoms with Crippen LogP contribution in [0.25, 0.3) is 0 Å². The number of amides is 1. The third kappa shape index (κ3) is 5.66. The van der Waals surface area contributed by atoms with Gasteiger partial charge in [0.05, 0.1) is 15.5 Å². The van der Waals surface area contributed by atoms with Crippen LogP contribution in [-0.4, -0.2) is 22.9 Å². The molecule has 6 nitrogen and oxygen atoms in total. The average molecular weight is 362 g/mol. The normalized spacial score (nSPS) is 11.1. The van der Waals surface area contributed by atoms with Gasteiger partial charge >= 0.3 is 0 Å². The highest BCUT2D eigenvalue weighted by molar-refractivity contribution is 9.10. The summed E-state index contributed by atoms with van der Waals surface area (Å²) in [7, 11) is 0. The van der Waals surface area contributed by atoms with E-state index in [9.17, 15) is 19.3 Å². The smallest absolute Gasteiger partial charge is 0.295 e. The van der Waals surface area contributed by atoms with Crippen LogP contribution < -0.4 is 10.6 Å². The molecular weight excluding hydrogens is 345 g/mol. The molecule has 0 radical (unpaired) electrons. The van der Waals surface area contributed by atoms with Crippen molar-refractivity contribution in [3.8, 4) is 0 Å². The van der Waals surface area contributed by atoms with Crippen molar-refractivity contribution in [1.29, 1.82) is 0 Å². The molecule has 0 heterocycles. The van der Waals surface area contributed by atoms with Crippen molar-refractivity contribution in [1.82, 2.24) is 5.32 Å². The number of rotatable bonds is 5. The van der Waals surface area contributed by atoms with Gasteiger partial charge in [-0.1, -0.05) is 0 Å². The van der Waals surface area contributed by atoms with Gasteiger partial charge in [0, 0.05) is 18.5 Å². The van der Waals surface area contributed by atoms with E-state index in [2.05, 4.69) is 26.6 Å². The lowest BCUT2D eigenvalue weighted by Gasteiger charge is -2.20. The van der Waals surface area contributed by atoms with E-state index in [4.69, 9.17) is 0 Å². The van der Waals surface area contributed by atoms with Gasteiger partial charge in [-0.3, -0.25) is 14.9 Å². The van der Waals surface area contributed by atoms with Gasteiger partial charge < -0.3 is 10.6 Å². The maximum Gasteiger partial charge on any atom is 0.295 e.